The SMILES string of the molecule is CC.CCC(CO)CCNc1nc(NCc2ccccc2)nc(C)c1-c1nc2ccccc2s1. The monoisotopic (exact) mass is 477 g/mol. The Hall–Kier alpha value is -3.03. The number of aromatic nitrogens is 3. The molecule has 2 heterocycles. The molecule has 0 saturated heterocycles. The lowest BCUT2D eigenvalue weighted by Gasteiger charge is -2.16. The zero-order valence-electron chi connectivity index (χ0n) is 20.5. The van der Waals surface area contributed by atoms with Crippen LogP contribution in [-0.4, -0.2) is 33.2 Å². The summed E-state index contributed by atoms with van der Waals surface area (Å²) in [5, 5.41) is 17.3. The molecule has 0 spiro atoms. The molecule has 4 aromatic rings. The average Bonchev–Trinajstić information content (AvgIpc) is 3.30. The van der Waals surface area contributed by atoms with E-state index in [0.29, 0.717) is 12.5 Å². The predicted molar refractivity (Wildman–Crippen MR) is 144 cm³/mol. The highest BCUT2D eigenvalue weighted by molar-refractivity contribution is 7.21. The quantitative estimate of drug-likeness (QED) is 0.241. The highest BCUT2D eigenvalue weighted by Gasteiger charge is 2.18. The summed E-state index contributed by atoms with van der Waals surface area (Å²) < 4.78 is 1.14. The summed E-state index contributed by atoms with van der Waals surface area (Å²) in [4.78, 5) is 14.4. The van der Waals surface area contributed by atoms with E-state index in [1.165, 1.54) is 5.56 Å². The maximum atomic E-state index is 9.53. The number of thiazole rings is 1. The summed E-state index contributed by atoms with van der Waals surface area (Å²) in [6.45, 7) is 9.70. The molecule has 0 aliphatic carbocycles. The second kappa shape index (κ2) is 13.0. The molecule has 2 aromatic carbocycles. The minimum atomic E-state index is 0.204. The number of rotatable bonds is 10. The van der Waals surface area contributed by atoms with E-state index in [-0.39, 0.29) is 12.5 Å². The maximum Gasteiger partial charge on any atom is 0.225 e. The molecule has 0 fully saturated rings. The summed E-state index contributed by atoms with van der Waals surface area (Å²) in [5.74, 6) is 1.65. The Morgan fingerprint density at radius 3 is 2.38 bits per heavy atom. The Labute approximate surface area is 206 Å². The first-order valence-corrected chi connectivity index (χ1v) is 12.9. The van der Waals surface area contributed by atoms with Gasteiger partial charge < -0.3 is 15.7 Å². The Bertz CT molecular complexity index is 1130. The third kappa shape index (κ3) is 6.52. The smallest absolute Gasteiger partial charge is 0.225 e. The van der Waals surface area contributed by atoms with Crippen molar-refractivity contribution in [3.8, 4) is 10.6 Å². The van der Waals surface area contributed by atoms with Gasteiger partial charge in [0, 0.05) is 19.7 Å². The topological polar surface area (TPSA) is 83.0 Å². The third-order valence-corrected chi connectivity index (χ3v) is 6.63. The second-order valence-electron chi connectivity index (χ2n) is 7.85. The number of nitrogens with zero attached hydrogens (tertiary/aromatic N) is 3. The van der Waals surface area contributed by atoms with Crippen LogP contribution >= 0.6 is 11.3 Å². The number of fused-ring (bicyclic) bond motifs is 1. The van der Waals surface area contributed by atoms with E-state index in [2.05, 4.69) is 35.8 Å². The molecule has 0 aliphatic rings. The first-order valence-electron chi connectivity index (χ1n) is 12.0. The van der Waals surface area contributed by atoms with Crippen LogP contribution in [0.1, 0.15) is 44.9 Å². The lowest BCUT2D eigenvalue weighted by molar-refractivity contribution is 0.217. The van der Waals surface area contributed by atoms with Crippen molar-refractivity contribution in [2.75, 3.05) is 23.8 Å². The van der Waals surface area contributed by atoms with Crippen LogP contribution in [0.15, 0.2) is 54.6 Å². The van der Waals surface area contributed by atoms with Gasteiger partial charge in [0.1, 0.15) is 10.8 Å². The van der Waals surface area contributed by atoms with Crippen molar-refractivity contribution >= 4 is 33.3 Å². The normalized spacial score (nSPS) is 11.6. The fourth-order valence-electron chi connectivity index (χ4n) is 3.61. The second-order valence-corrected chi connectivity index (χ2v) is 8.89. The zero-order chi connectivity index (χ0) is 24.3. The van der Waals surface area contributed by atoms with E-state index in [0.717, 1.165) is 51.7 Å². The first-order chi connectivity index (χ1) is 16.7. The first kappa shape index (κ1) is 25.6. The Balaban J connectivity index is 0.00000158. The van der Waals surface area contributed by atoms with Crippen molar-refractivity contribution in [2.45, 2.75) is 47.1 Å². The molecular formula is C27H35N5OS. The highest BCUT2D eigenvalue weighted by atomic mass is 32.1. The van der Waals surface area contributed by atoms with Gasteiger partial charge in [0.25, 0.3) is 0 Å². The van der Waals surface area contributed by atoms with E-state index in [1.54, 1.807) is 11.3 Å². The molecule has 0 saturated carbocycles. The number of hydrogen-bond donors (Lipinski definition) is 3. The van der Waals surface area contributed by atoms with Gasteiger partial charge in [-0.3, -0.25) is 0 Å². The van der Waals surface area contributed by atoms with Crippen molar-refractivity contribution in [1.82, 2.24) is 15.0 Å². The lowest BCUT2D eigenvalue weighted by atomic mass is 10.0. The Kier molecular flexibility index (Phi) is 9.79. The summed E-state index contributed by atoms with van der Waals surface area (Å²) >= 11 is 1.65. The number of aliphatic hydroxyl groups is 1. The van der Waals surface area contributed by atoms with Gasteiger partial charge in [-0.05, 0) is 37.0 Å². The molecule has 34 heavy (non-hydrogen) atoms. The summed E-state index contributed by atoms with van der Waals surface area (Å²) in [5.41, 5.74) is 3.97. The molecule has 4 rings (SSSR count). The van der Waals surface area contributed by atoms with E-state index < -0.39 is 0 Å². The maximum absolute atomic E-state index is 9.53. The average molecular weight is 478 g/mol. The molecule has 180 valence electrons. The van der Waals surface area contributed by atoms with Gasteiger partial charge in [-0.1, -0.05) is 69.7 Å². The summed E-state index contributed by atoms with van der Waals surface area (Å²) in [6, 6.07) is 18.4. The van der Waals surface area contributed by atoms with Crippen molar-refractivity contribution in [3.63, 3.8) is 0 Å². The van der Waals surface area contributed by atoms with Gasteiger partial charge in [0.2, 0.25) is 5.95 Å². The molecule has 0 radical (unpaired) electrons. The lowest BCUT2D eigenvalue weighted by Crippen LogP contribution is -2.14. The van der Waals surface area contributed by atoms with Crippen LogP contribution in [0.25, 0.3) is 20.8 Å². The predicted octanol–water partition coefficient (Wildman–Crippen LogP) is 6.52. The molecule has 1 atom stereocenters. The Morgan fingerprint density at radius 2 is 1.68 bits per heavy atom. The number of aliphatic hydroxyl groups excluding tert-OH is 1. The summed E-state index contributed by atoms with van der Waals surface area (Å²) in [7, 11) is 0. The molecule has 0 aliphatic heterocycles. The minimum Gasteiger partial charge on any atom is -0.396 e. The van der Waals surface area contributed by atoms with Gasteiger partial charge in [0.05, 0.1) is 21.5 Å². The fourth-order valence-corrected chi connectivity index (χ4v) is 4.67. The molecule has 7 heteroatoms. The van der Waals surface area contributed by atoms with Crippen LogP contribution in [0, 0.1) is 12.8 Å². The number of aryl methyl sites for hydroxylation is 1. The minimum absolute atomic E-state index is 0.204. The van der Waals surface area contributed by atoms with Crippen LogP contribution in [0.5, 0.6) is 0 Å². The fraction of sp³-hybridized carbons (Fsp3) is 0.370. The van der Waals surface area contributed by atoms with Crippen LogP contribution in [0.4, 0.5) is 11.8 Å². The molecule has 3 N–H and O–H groups in total. The van der Waals surface area contributed by atoms with E-state index in [4.69, 9.17) is 15.0 Å². The zero-order valence-corrected chi connectivity index (χ0v) is 21.3. The van der Waals surface area contributed by atoms with Gasteiger partial charge in [-0.25, -0.2) is 9.97 Å². The summed E-state index contributed by atoms with van der Waals surface area (Å²) in [6.07, 6.45) is 1.83. The van der Waals surface area contributed by atoms with Gasteiger partial charge in [-0.2, -0.15) is 4.98 Å². The van der Waals surface area contributed by atoms with Crippen molar-refractivity contribution < 1.29 is 5.11 Å². The van der Waals surface area contributed by atoms with Gasteiger partial charge in [0.15, 0.2) is 0 Å². The standard InChI is InChI=1S/C25H29N5OS.C2H6/c1-3-18(16-31)13-14-26-23-22(24-29-20-11-7-8-12-21(20)32-24)17(2)28-25(30-23)27-15-19-9-5-4-6-10-19;1-2/h4-12,18,31H,3,13-16H2,1-2H3,(H2,26,27,28,30);1-2H3. The van der Waals surface area contributed by atoms with Crippen molar-refractivity contribution in [3.05, 3.63) is 65.9 Å². The molecule has 1 unspecified atom stereocenters. The number of benzene rings is 2. The van der Waals surface area contributed by atoms with Crippen molar-refractivity contribution in [1.29, 1.82) is 0 Å². The van der Waals surface area contributed by atoms with E-state index in [1.807, 2.05) is 57.2 Å². The third-order valence-electron chi connectivity index (χ3n) is 5.57. The molecule has 6 nitrogen and oxygen atoms in total. The van der Waals surface area contributed by atoms with Gasteiger partial charge in [-0.15, -0.1) is 11.3 Å². The molecular weight excluding hydrogens is 442 g/mol. The molecule has 0 bridgehead atoms. The largest absolute Gasteiger partial charge is 0.396 e. The Morgan fingerprint density at radius 1 is 0.941 bits per heavy atom. The van der Waals surface area contributed by atoms with Crippen LogP contribution in [0.2, 0.25) is 0 Å². The van der Waals surface area contributed by atoms with Crippen LogP contribution in [-0.2, 0) is 6.54 Å². The van der Waals surface area contributed by atoms with Crippen LogP contribution in [0.3, 0.4) is 0 Å². The van der Waals surface area contributed by atoms with Gasteiger partial charge >= 0.3 is 0 Å². The highest BCUT2D eigenvalue weighted by Crippen LogP contribution is 2.36. The number of nitrogens with one attached hydrogen (secondary N) is 2. The molecule has 2 aromatic heterocycles. The van der Waals surface area contributed by atoms with Crippen LogP contribution < -0.4 is 10.6 Å². The van der Waals surface area contributed by atoms with E-state index in [9.17, 15) is 5.11 Å². The number of para-hydroxylation sites is 1. The number of hydrogen-bond acceptors (Lipinski definition) is 7. The molecule has 0 amide bonds. The number of anilines is 2. The van der Waals surface area contributed by atoms with Crippen molar-refractivity contribution in [2.24, 2.45) is 5.92 Å². The van der Waals surface area contributed by atoms with E-state index >= 15 is 0 Å².